The maximum atomic E-state index is 12.9. The number of nitrogens with zero attached hydrogens (tertiary/aromatic N) is 6. The predicted molar refractivity (Wildman–Crippen MR) is 141 cm³/mol. The molecule has 8 nitrogen and oxygen atoms in total. The van der Waals surface area contributed by atoms with Gasteiger partial charge < -0.3 is 15.1 Å². The molecule has 1 saturated heterocycles. The molecule has 0 saturated carbocycles. The summed E-state index contributed by atoms with van der Waals surface area (Å²) >= 11 is 1.51. The summed E-state index contributed by atoms with van der Waals surface area (Å²) < 4.78 is 1.88. The van der Waals surface area contributed by atoms with E-state index in [9.17, 15) is 4.79 Å². The second-order valence-corrected chi connectivity index (χ2v) is 11.1. The van der Waals surface area contributed by atoms with Crippen LogP contribution in [0, 0.1) is 6.92 Å². The molecule has 34 heavy (non-hydrogen) atoms. The highest BCUT2D eigenvalue weighted by Gasteiger charge is 2.25. The smallest absolute Gasteiger partial charge is 0.242 e. The van der Waals surface area contributed by atoms with Gasteiger partial charge in [-0.3, -0.25) is 9.69 Å². The van der Waals surface area contributed by atoms with Gasteiger partial charge in [-0.2, -0.15) is 4.52 Å². The highest BCUT2D eigenvalue weighted by Crippen LogP contribution is 2.34. The Morgan fingerprint density at radius 1 is 1.15 bits per heavy atom. The van der Waals surface area contributed by atoms with E-state index in [0.29, 0.717) is 6.54 Å². The normalized spacial score (nSPS) is 15.2. The molecule has 0 unspecified atom stereocenters. The second-order valence-electron chi connectivity index (χ2n) is 10.2. The van der Waals surface area contributed by atoms with Crippen molar-refractivity contribution in [3.63, 3.8) is 0 Å². The third kappa shape index (κ3) is 5.52. The molecule has 0 radical (unpaired) electrons. The molecule has 0 bridgehead atoms. The number of benzene rings is 1. The van der Waals surface area contributed by atoms with Crippen molar-refractivity contribution in [3.8, 4) is 11.3 Å². The molecular weight excluding hydrogens is 446 g/mol. The summed E-state index contributed by atoms with van der Waals surface area (Å²) in [4.78, 5) is 25.0. The fraction of sp³-hybridized carbons (Fsp3) is 0.560. The first kappa shape index (κ1) is 24.5. The van der Waals surface area contributed by atoms with Crippen molar-refractivity contribution < 1.29 is 4.79 Å². The molecule has 3 aromatic rings. The first-order valence-electron chi connectivity index (χ1n) is 12.1. The van der Waals surface area contributed by atoms with Crippen molar-refractivity contribution in [3.05, 3.63) is 29.8 Å². The van der Waals surface area contributed by atoms with E-state index in [4.69, 9.17) is 10.1 Å². The van der Waals surface area contributed by atoms with Gasteiger partial charge in [0.15, 0.2) is 5.82 Å². The molecule has 0 atom stereocenters. The Morgan fingerprint density at radius 2 is 1.82 bits per heavy atom. The van der Waals surface area contributed by atoms with Crippen LogP contribution in [0.1, 0.15) is 39.7 Å². The zero-order valence-corrected chi connectivity index (χ0v) is 22.1. The summed E-state index contributed by atoms with van der Waals surface area (Å²) in [5.74, 6) is 1.03. The van der Waals surface area contributed by atoms with Crippen LogP contribution in [0.15, 0.2) is 24.3 Å². The van der Waals surface area contributed by atoms with Crippen molar-refractivity contribution in [2.75, 3.05) is 56.5 Å². The summed E-state index contributed by atoms with van der Waals surface area (Å²) in [6, 6.07) is 8.40. The fourth-order valence-corrected chi connectivity index (χ4v) is 5.04. The Hall–Kier alpha value is -2.65. The van der Waals surface area contributed by atoms with E-state index in [1.807, 2.05) is 21.4 Å². The second kappa shape index (κ2) is 9.92. The number of aryl methyl sites for hydroxylation is 1. The molecular formula is C25H37N7OS. The summed E-state index contributed by atoms with van der Waals surface area (Å²) in [6.45, 7) is 15.6. The lowest BCUT2D eigenvalue weighted by Crippen LogP contribution is -2.51. The molecule has 0 aliphatic carbocycles. The number of hydrogen-bond donors (Lipinski definition) is 1. The predicted octanol–water partition coefficient (Wildman–Crippen LogP) is 3.97. The van der Waals surface area contributed by atoms with Gasteiger partial charge in [0.05, 0.1) is 6.54 Å². The molecule has 1 aromatic carbocycles. The number of rotatable bonds is 7. The monoisotopic (exact) mass is 483 g/mol. The van der Waals surface area contributed by atoms with E-state index in [0.717, 1.165) is 66.3 Å². The van der Waals surface area contributed by atoms with Crippen LogP contribution in [0.25, 0.3) is 16.2 Å². The Labute approximate surface area is 206 Å². The van der Waals surface area contributed by atoms with Gasteiger partial charge >= 0.3 is 0 Å². The summed E-state index contributed by atoms with van der Waals surface area (Å²) in [6.07, 6.45) is 1.15. The molecule has 2 aromatic heterocycles. The Balaban J connectivity index is 1.53. The van der Waals surface area contributed by atoms with Gasteiger partial charge in [-0.25, -0.2) is 4.98 Å². The number of hydrogen-bond acceptors (Lipinski definition) is 7. The van der Waals surface area contributed by atoms with Crippen LogP contribution in [-0.2, 0) is 4.79 Å². The molecule has 1 fully saturated rings. The van der Waals surface area contributed by atoms with Crippen molar-refractivity contribution >= 4 is 33.2 Å². The summed E-state index contributed by atoms with van der Waals surface area (Å²) in [5, 5.41) is 9.23. The number of imidazole rings is 1. The van der Waals surface area contributed by atoms with Gasteiger partial charge in [0.25, 0.3) is 0 Å². The standard InChI is InChI=1S/C25H37N7OS/c1-7-12-30-13-15-31(16-14-30)20(33)17-29(6)24-28-32-22(27-25(3,4)5)21(26-23(32)34-24)19-10-8-18(2)9-11-19/h8-11,27H,7,12-17H2,1-6H3. The number of piperazine rings is 1. The van der Waals surface area contributed by atoms with Crippen molar-refractivity contribution in [2.45, 2.75) is 46.6 Å². The maximum Gasteiger partial charge on any atom is 0.242 e. The minimum Gasteiger partial charge on any atom is -0.364 e. The zero-order valence-electron chi connectivity index (χ0n) is 21.3. The lowest BCUT2D eigenvalue weighted by Gasteiger charge is -2.35. The van der Waals surface area contributed by atoms with Gasteiger partial charge in [-0.15, -0.1) is 5.10 Å². The largest absolute Gasteiger partial charge is 0.364 e. The molecule has 184 valence electrons. The van der Waals surface area contributed by atoms with Crippen LogP contribution >= 0.6 is 11.3 Å². The van der Waals surface area contributed by atoms with E-state index in [2.05, 4.69) is 69.1 Å². The molecule has 1 N–H and O–H groups in total. The zero-order chi connectivity index (χ0) is 24.5. The van der Waals surface area contributed by atoms with Gasteiger partial charge in [0.1, 0.15) is 5.69 Å². The van der Waals surface area contributed by atoms with Crippen molar-refractivity contribution in [1.29, 1.82) is 0 Å². The van der Waals surface area contributed by atoms with E-state index in [1.165, 1.54) is 16.9 Å². The van der Waals surface area contributed by atoms with Crippen LogP contribution in [0.2, 0.25) is 0 Å². The lowest BCUT2D eigenvalue weighted by molar-refractivity contribution is -0.131. The first-order chi connectivity index (χ1) is 16.1. The Kier molecular flexibility index (Phi) is 7.14. The van der Waals surface area contributed by atoms with Gasteiger partial charge in [0, 0.05) is 44.3 Å². The van der Waals surface area contributed by atoms with Gasteiger partial charge in [-0.1, -0.05) is 48.1 Å². The number of fused-ring (bicyclic) bond motifs is 1. The minimum atomic E-state index is -0.152. The average molecular weight is 484 g/mol. The minimum absolute atomic E-state index is 0.152. The number of carbonyl (C=O) groups is 1. The molecule has 0 spiro atoms. The van der Waals surface area contributed by atoms with Crippen LogP contribution in [-0.4, -0.2) is 82.2 Å². The van der Waals surface area contributed by atoms with Gasteiger partial charge in [0.2, 0.25) is 16.0 Å². The van der Waals surface area contributed by atoms with E-state index < -0.39 is 0 Å². The van der Waals surface area contributed by atoms with Gasteiger partial charge in [-0.05, 0) is 40.7 Å². The Bertz CT molecular complexity index is 1120. The number of aromatic nitrogens is 3. The first-order valence-corrected chi connectivity index (χ1v) is 12.9. The topological polar surface area (TPSA) is 69.0 Å². The number of anilines is 2. The fourth-order valence-electron chi connectivity index (χ4n) is 4.18. The number of carbonyl (C=O) groups excluding carboxylic acids is 1. The molecule has 3 heterocycles. The van der Waals surface area contributed by atoms with Crippen LogP contribution in [0.5, 0.6) is 0 Å². The molecule has 9 heteroatoms. The quantitative estimate of drug-likeness (QED) is 0.549. The van der Waals surface area contributed by atoms with Crippen LogP contribution in [0.3, 0.4) is 0 Å². The van der Waals surface area contributed by atoms with Crippen LogP contribution < -0.4 is 10.2 Å². The number of amides is 1. The molecule has 1 aliphatic heterocycles. The SMILES string of the molecule is CCCN1CCN(C(=O)CN(C)c2nn3c(NC(C)(C)C)c(-c4ccc(C)cc4)nc3s2)CC1. The number of likely N-dealkylation sites (N-methyl/N-ethyl adjacent to an activating group) is 1. The summed E-state index contributed by atoms with van der Waals surface area (Å²) in [5.41, 5.74) is 3.01. The third-order valence-corrected chi connectivity index (χ3v) is 7.00. The maximum absolute atomic E-state index is 12.9. The molecule has 4 rings (SSSR count). The van der Waals surface area contributed by atoms with E-state index in [-0.39, 0.29) is 11.4 Å². The molecule has 1 aliphatic rings. The van der Waals surface area contributed by atoms with Crippen LogP contribution in [0.4, 0.5) is 10.9 Å². The lowest BCUT2D eigenvalue weighted by atomic mass is 10.1. The van der Waals surface area contributed by atoms with Crippen molar-refractivity contribution in [2.24, 2.45) is 0 Å². The van der Waals surface area contributed by atoms with Crippen molar-refractivity contribution in [1.82, 2.24) is 24.4 Å². The third-order valence-electron chi connectivity index (χ3n) is 5.98. The summed E-state index contributed by atoms with van der Waals surface area (Å²) in [7, 11) is 1.93. The van der Waals surface area contributed by atoms with E-state index >= 15 is 0 Å². The Morgan fingerprint density at radius 3 is 2.44 bits per heavy atom. The number of nitrogens with one attached hydrogen (secondary N) is 1. The highest BCUT2D eigenvalue weighted by atomic mass is 32.1. The average Bonchev–Trinajstić information content (AvgIpc) is 3.33. The van der Waals surface area contributed by atoms with E-state index in [1.54, 1.807) is 0 Å². The highest BCUT2D eigenvalue weighted by molar-refractivity contribution is 7.20. The molecule has 1 amide bonds.